The zero-order valence-electron chi connectivity index (χ0n) is 11.1. The molecular formula is C16H19NO2. The Labute approximate surface area is 113 Å². The van der Waals surface area contributed by atoms with Gasteiger partial charge in [-0.3, -0.25) is 0 Å². The molecule has 0 spiro atoms. The summed E-state index contributed by atoms with van der Waals surface area (Å²) in [5.74, 6) is -1.08. The third kappa shape index (κ3) is 7.73. The number of hydrogen-bond acceptors (Lipinski definition) is 2. The minimum absolute atomic E-state index is 0.972. The third-order valence-corrected chi connectivity index (χ3v) is 2.45. The summed E-state index contributed by atoms with van der Waals surface area (Å²) in [5.41, 5.74) is 2.77. The van der Waals surface area contributed by atoms with Crippen LogP contribution in [0.25, 0.3) is 0 Å². The van der Waals surface area contributed by atoms with Crippen molar-refractivity contribution in [1.82, 2.24) is 0 Å². The normalized spacial score (nSPS) is 9.32. The smallest absolute Gasteiger partial charge is 0.101 e. The molecule has 0 saturated carbocycles. The standard InChI is InChI=1S/C14H15N.C2H4O2/c1-3-7-13(8-4-1)11-15-12-14-9-5-2-6-10-14;1-2(3)4/h1-10,15H,11-12H2;1H3,(H,3,4). The molecule has 0 atom stereocenters. The van der Waals surface area contributed by atoms with Gasteiger partial charge in [0.2, 0.25) is 0 Å². The average molecular weight is 257 g/mol. The quantitative estimate of drug-likeness (QED) is 0.877. The molecule has 19 heavy (non-hydrogen) atoms. The second-order valence-corrected chi connectivity index (χ2v) is 4.16. The predicted octanol–water partition coefficient (Wildman–Crippen LogP) is 0.706. The first-order chi connectivity index (χ1) is 9.18. The van der Waals surface area contributed by atoms with E-state index in [1.54, 1.807) is 0 Å². The maximum absolute atomic E-state index is 8.89. The second-order valence-electron chi connectivity index (χ2n) is 4.16. The summed E-state index contributed by atoms with van der Waals surface area (Å²) in [6, 6.07) is 21.1. The number of carboxylic acid groups (broad SMARTS) is 1. The predicted molar refractivity (Wildman–Crippen MR) is 72.9 cm³/mol. The zero-order chi connectivity index (χ0) is 13.9. The van der Waals surface area contributed by atoms with E-state index < -0.39 is 5.97 Å². The Balaban J connectivity index is 0.000000399. The highest BCUT2D eigenvalue weighted by Crippen LogP contribution is 1.96. The molecule has 0 saturated heterocycles. The summed E-state index contributed by atoms with van der Waals surface area (Å²) in [6.07, 6.45) is 0. The van der Waals surface area contributed by atoms with Gasteiger partial charge in [0.25, 0.3) is 0 Å². The molecule has 2 aromatic carbocycles. The minimum Gasteiger partial charge on any atom is -0.550 e. The Morgan fingerprint density at radius 1 is 0.895 bits per heavy atom. The molecule has 0 aliphatic heterocycles. The number of carbonyl (C=O) groups excluding carboxylic acids is 1. The van der Waals surface area contributed by atoms with Gasteiger partial charge in [0.05, 0.1) is 0 Å². The van der Waals surface area contributed by atoms with E-state index in [1.165, 1.54) is 11.1 Å². The largest absolute Gasteiger partial charge is 0.550 e. The van der Waals surface area contributed by atoms with Gasteiger partial charge in [-0.2, -0.15) is 0 Å². The van der Waals surface area contributed by atoms with Gasteiger partial charge >= 0.3 is 0 Å². The van der Waals surface area contributed by atoms with Crippen LogP contribution in [0.15, 0.2) is 60.7 Å². The molecule has 0 bridgehead atoms. The van der Waals surface area contributed by atoms with Crippen LogP contribution in [0.4, 0.5) is 0 Å². The highest BCUT2D eigenvalue weighted by molar-refractivity contribution is 5.60. The lowest BCUT2D eigenvalue weighted by molar-refractivity contribution is -0.686. The molecule has 100 valence electrons. The molecule has 3 nitrogen and oxygen atoms in total. The number of benzene rings is 2. The maximum atomic E-state index is 8.89. The van der Waals surface area contributed by atoms with E-state index >= 15 is 0 Å². The molecule has 2 aromatic rings. The van der Waals surface area contributed by atoms with Crippen LogP contribution in [0.1, 0.15) is 18.1 Å². The SMILES string of the molecule is CC(=O)[O-].c1ccc(C[NH2+]Cc2ccccc2)cc1. The van der Waals surface area contributed by atoms with Gasteiger partial charge in [-0.1, -0.05) is 60.7 Å². The Kier molecular flexibility index (Phi) is 6.98. The van der Waals surface area contributed by atoms with Crippen molar-refractivity contribution in [2.24, 2.45) is 0 Å². The van der Waals surface area contributed by atoms with E-state index in [9.17, 15) is 0 Å². The van der Waals surface area contributed by atoms with Gasteiger partial charge in [-0.05, 0) is 6.92 Å². The molecule has 0 fully saturated rings. The number of hydrogen-bond donors (Lipinski definition) is 1. The van der Waals surface area contributed by atoms with E-state index in [-0.39, 0.29) is 0 Å². The molecule has 0 unspecified atom stereocenters. The van der Waals surface area contributed by atoms with Gasteiger partial charge in [0, 0.05) is 17.1 Å². The van der Waals surface area contributed by atoms with Crippen molar-refractivity contribution in [3.8, 4) is 0 Å². The topological polar surface area (TPSA) is 56.7 Å². The van der Waals surface area contributed by atoms with Crippen molar-refractivity contribution in [3.05, 3.63) is 71.8 Å². The molecule has 2 N–H and O–H groups in total. The molecule has 0 aliphatic carbocycles. The Morgan fingerprint density at radius 2 is 1.21 bits per heavy atom. The van der Waals surface area contributed by atoms with Crippen molar-refractivity contribution in [2.45, 2.75) is 20.0 Å². The fourth-order valence-electron chi connectivity index (χ4n) is 1.63. The molecule has 3 heteroatoms. The lowest BCUT2D eigenvalue weighted by Crippen LogP contribution is -2.80. The first-order valence-electron chi connectivity index (χ1n) is 6.25. The summed E-state index contributed by atoms with van der Waals surface area (Å²) in [7, 11) is 0. The molecule has 0 aromatic heterocycles. The van der Waals surface area contributed by atoms with Gasteiger partial charge in [-0.25, -0.2) is 0 Å². The monoisotopic (exact) mass is 257 g/mol. The highest BCUT2D eigenvalue weighted by atomic mass is 16.4. The number of carbonyl (C=O) groups is 1. The lowest BCUT2D eigenvalue weighted by Gasteiger charge is -2.01. The fourth-order valence-corrected chi connectivity index (χ4v) is 1.63. The van der Waals surface area contributed by atoms with Gasteiger partial charge in [0.15, 0.2) is 0 Å². The molecule has 2 rings (SSSR count). The number of aliphatic carboxylic acids is 1. The first kappa shape index (κ1) is 14.9. The van der Waals surface area contributed by atoms with Crippen LogP contribution < -0.4 is 10.4 Å². The summed E-state index contributed by atoms with van der Waals surface area (Å²) in [6.45, 7) is 3.07. The van der Waals surface area contributed by atoms with Gasteiger partial charge < -0.3 is 15.2 Å². The van der Waals surface area contributed by atoms with Crippen LogP contribution in [0.3, 0.4) is 0 Å². The van der Waals surface area contributed by atoms with Crippen molar-refractivity contribution in [1.29, 1.82) is 0 Å². The molecule has 0 amide bonds. The van der Waals surface area contributed by atoms with Crippen LogP contribution >= 0.6 is 0 Å². The van der Waals surface area contributed by atoms with E-state index in [0.29, 0.717) is 0 Å². The van der Waals surface area contributed by atoms with Crippen molar-refractivity contribution >= 4 is 5.97 Å². The van der Waals surface area contributed by atoms with Crippen molar-refractivity contribution in [3.63, 3.8) is 0 Å². The maximum Gasteiger partial charge on any atom is 0.101 e. The Bertz CT molecular complexity index is 425. The van der Waals surface area contributed by atoms with E-state index in [0.717, 1.165) is 20.0 Å². The van der Waals surface area contributed by atoms with E-state index in [4.69, 9.17) is 9.90 Å². The summed E-state index contributed by atoms with van der Waals surface area (Å²) >= 11 is 0. The summed E-state index contributed by atoms with van der Waals surface area (Å²) < 4.78 is 0. The zero-order valence-corrected chi connectivity index (χ0v) is 11.1. The minimum atomic E-state index is -1.08. The first-order valence-corrected chi connectivity index (χ1v) is 6.25. The number of carboxylic acids is 1. The second kappa shape index (κ2) is 8.89. The van der Waals surface area contributed by atoms with Gasteiger partial charge in [0.1, 0.15) is 13.1 Å². The number of rotatable bonds is 4. The van der Waals surface area contributed by atoms with Crippen molar-refractivity contribution < 1.29 is 15.2 Å². The Hall–Kier alpha value is -2.13. The van der Waals surface area contributed by atoms with Crippen LogP contribution in [0.5, 0.6) is 0 Å². The summed E-state index contributed by atoms with van der Waals surface area (Å²) in [5, 5.41) is 11.2. The van der Waals surface area contributed by atoms with Gasteiger partial charge in [-0.15, -0.1) is 0 Å². The van der Waals surface area contributed by atoms with E-state index in [2.05, 4.69) is 66.0 Å². The molecule has 0 aliphatic rings. The van der Waals surface area contributed by atoms with E-state index in [1.807, 2.05) is 0 Å². The van der Waals surface area contributed by atoms with Crippen LogP contribution in [-0.2, 0) is 17.9 Å². The van der Waals surface area contributed by atoms with Crippen LogP contribution in [0.2, 0.25) is 0 Å². The van der Waals surface area contributed by atoms with Crippen LogP contribution in [0, 0.1) is 0 Å². The number of quaternary nitrogens is 1. The Morgan fingerprint density at radius 3 is 1.53 bits per heavy atom. The molecular weight excluding hydrogens is 238 g/mol. The number of nitrogens with two attached hydrogens (primary N) is 1. The fraction of sp³-hybridized carbons (Fsp3) is 0.188. The summed E-state index contributed by atoms with van der Waals surface area (Å²) in [4.78, 5) is 8.89. The molecule has 0 radical (unpaired) electrons. The van der Waals surface area contributed by atoms with Crippen LogP contribution in [-0.4, -0.2) is 5.97 Å². The van der Waals surface area contributed by atoms with Crippen molar-refractivity contribution in [2.75, 3.05) is 0 Å². The highest BCUT2D eigenvalue weighted by Gasteiger charge is 1.95. The third-order valence-electron chi connectivity index (χ3n) is 2.45. The molecule has 0 heterocycles. The lowest BCUT2D eigenvalue weighted by atomic mass is 10.2. The average Bonchev–Trinajstić information content (AvgIpc) is 2.41.